The molecule has 2 aromatic heterocycles. The highest BCUT2D eigenvalue weighted by atomic mass is 16.5. The summed E-state index contributed by atoms with van der Waals surface area (Å²) in [6, 6.07) is -0.149. The van der Waals surface area contributed by atoms with Crippen LogP contribution >= 0.6 is 0 Å². The van der Waals surface area contributed by atoms with Crippen molar-refractivity contribution < 1.29 is 14.3 Å². The summed E-state index contributed by atoms with van der Waals surface area (Å²) in [7, 11) is 3.75. The van der Waals surface area contributed by atoms with Crippen molar-refractivity contribution in [1.29, 1.82) is 0 Å². The number of hydrogen-bond donors (Lipinski definition) is 1. The molecule has 0 aromatic carbocycles. The first kappa shape index (κ1) is 17.5. The number of carbonyl (C=O) groups is 1. The smallest absolute Gasteiger partial charge is 0.220 e. The summed E-state index contributed by atoms with van der Waals surface area (Å²) in [5.74, 6) is 0.678. The van der Waals surface area contributed by atoms with E-state index < -0.39 is 0 Å². The van der Waals surface area contributed by atoms with Crippen LogP contribution in [0.2, 0.25) is 0 Å². The molecule has 2 atom stereocenters. The quantitative estimate of drug-likeness (QED) is 0.830. The van der Waals surface area contributed by atoms with Crippen molar-refractivity contribution in [1.82, 2.24) is 24.9 Å². The Kier molecular flexibility index (Phi) is 5.08. The minimum atomic E-state index is -0.199. The number of nitrogens with one attached hydrogen (secondary N) is 1. The standard InChI is InChI=1S/C17H25N5O3/c1-11-14(12(2)22(4)20-11)5-6-17(23)19-15-9-24-10-16(15)25-13-7-18-21(3)8-13/h7-8,15-16H,5-6,9-10H2,1-4H3,(H,19,23)/t15-,16+/m0/s1. The van der Waals surface area contributed by atoms with Crippen LogP contribution in [0.4, 0.5) is 0 Å². The Labute approximate surface area is 147 Å². The maximum Gasteiger partial charge on any atom is 0.220 e. The third kappa shape index (κ3) is 4.01. The first-order chi connectivity index (χ1) is 11.9. The van der Waals surface area contributed by atoms with Crippen LogP contribution in [0.15, 0.2) is 12.4 Å². The van der Waals surface area contributed by atoms with E-state index in [1.54, 1.807) is 17.1 Å². The molecule has 0 unspecified atom stereocenters. The fourth-order valence-electron chi connectivity index (χ4n) is 3.12. The van der Waals surface area contributed by atoms with Gasteiger partial charge in [0.2, 0.25) is 5.91 Å². The Bertz CT molecular complexity index is 752. The van der Waals surface area contributed by atoms with Gasteiger partial charge in [-0.3, -0.25) is 14.2 Å². The first-order valence-electron chi connectivity index (χ1n) is 8.45. The first-order valence-corrected chi connectivity index (χ1v) is 8.45. The van der Waals surface area contributed by atoms with Gasteiger partial charge in [-0.05, 0) is 25.8 Å². The van der Waals surface area contributed by atoms with Crippen LogP contribution in [0.3, 0.4) is 0 Å². The van der Waals surface area contributed by atoms with Crippen LogP contribution in [-0.2, 0) is 30.0 Å². The van der Waals surface area contributed by atoms with Gasteiger partial charge in [0.25, 0.3) is 0 Å². The molecule has 8 nitrogen and oxygen atoms in total. The molecule has 1 saturated heterocycles. The highest BCUT2D eigenvalue weighted by molar-refractivity contribution is 5.76. The van der Waals surface area contributed by atoms with Gasteiger partial charge in [0.05, 0.1) is 37.3 Å². The third-order valence-corrected chi connectivity index (χ3v) is 4.60. The van der Waals surface area contributed by atoms with Gasteiger partial charge in [-0.1, -0.05) is 0 Å². The van der Waals surface area contributed by atoms with Crippen molar-refractivity contribution in [3.63, 3.8) is 0 Å². The molecule has 1 N–H and O–H groups in total. The second-order valence-electron chi connectivity index (χ2n) is 6.49. The van der Waals surface area contributed by atoms with Gasteiger partial charge in [-0.2, -0.15) is 10.2 Å². The largest absolute Gasteiger partial charge is 0.482 e. The minimum absolute atomic E-state index is 0.00191. The van der Waals surface area contributed by atoms with Crippen molar-refractivity contribution in [3.8, 4) is 5.75 Å². The average molecular weight is 347 g/mol. The van der Waals surface area contributed by atoms with Crippen LogP contribution in [0, 0.1) is 13.8 Å². The lowest BCUT2D eigenvalue weighted by Crippen LogP contribution is -2.45. The molecular weight excluding hydrogens is 322 g/mol. The van der Waals surface area contributed by atoms with E-state index in [4.69, 9.17) is 9.47 Å². The van der Waals surface area contributed by atoms with Crippen molar-refractivity contribution in [2.45, 2.75) is 38.8 Å². The summed E-state index contributed by atoms with van der Waals surface area (Å²) in [6.07, 6.45) is 4.36. The van der Waals surface area contributed by atoms with Crippen molar-refractivity contribution in [3.05, 3.63) is 29.3 Å². The molecule has 3 heterocycles. The molecule has 0 bridgehead atoms. The van der Waals surface area contributed by atoms with Gasteiger partial charge in [0.1, 0.15) is 6.10 Å². The fraction of sp³-hybridized carbons (Fsp3) is 0.588. The molecule has 1 amide bonds. The maximum absolute atomic E-state index is 12.3. The Balaban J connectivity index is 1.53. The molecule has 1 aliphatic rings. The fourth-order valence-corrected chi connectivity index (χ4v) is 3.12. The second-order valence-corrected chi connectivity index (χ2v) is 6.49. The van der Waals surface area contributed by atoms with E-state index in [2.05, 4.69) is 15.5 Å². The Hall–Kier alpha value is -2.35. The monoisotopic (exact) mass is 347 g/mol. The van der Waals surface area contributed by atoms with Gasteiger partial charge in [-0.15, -0.1) is 0 Å². The molecule has 0 saturated carbocycles. The number of ether oxygens (including phenoxy) is 2. The third-order valence-electron chi connectivity index (χ3n) is 4.60. The topological polar surface area (TPSA) is 83.2 Å². The van der Waals surface area contributed by atoms with E-state index in [0.717, 1.165) is 17.0 Å². The highest BCUT2D eigenvalue weighted by Crippen LogP contribution is 2.17. The number of carbonyl (C=O) groups excluding carboxylic acids is 1. The summed E-state index contributed by atoms with van der Waals surface area (Å²) in [5.41, 5.74) is 3.23. The molecule has 0 radical (unpaired) electrons. The normalized spacial score (nSPS) is 20.0. The van der Waals surface area contributed by atoms with Gasteiger partial charge in [0.15, 0.2) is 5.75 Å². The predicted octanol–water partition coefficient (Wildman–Crippen LogP) is 0.666. The molecule has 3 rings (SSSR count). The molecule has 8 heteroatoms. The van der Waals surface area contributed by atoms with Crippen LogP contribution in [-0.4, -0.2) is 50.8 Å². The lowest BCUT2D eigenvalue weighted by molar-refractivity contribution is -0.122. The SMILES string of the molecule is Cc1nn(C)c(C)c1CCC(=O)N[C@H]1COC[C@H]1Oc1cnn(C)c1. The number of aryl methyl sites for hydroxylation is 3. The summed E-state index contributed by atoms with van der Waals surface area (Å²) in [4.78, 5) is 12.3. The Morgan fingerprint density at radius 1 is 1.40 bits per heavy atom. The van der Waals surface area contributed by atoms with Crippen molar-refractivity contribution in [2.75, 3.05) is 13.2 Å². The number of nitrogens with zero attached hydrogens (tertiary/aromatic N) is 4. The molecule has 2 aromatic rings. The lowest BCUT2D eigenvalue weighted by Gasteiger charge is -2.19. The van der Waals surface area contributed by atoms with Gasteiger partial charge >= 0.3 is 0 Å². The molecular formula is C17H25N5O3. The van der Waals surface area contributed by atoms with E-state index in [-0.39, 0.29) is 18.1 Å². The molecule has 0 spiro atoms. The van der Waals surface area contributed by atoms with Crippen LogP contribution in [0.5, 0.6) is 5.75 Å². The van der Waals surface area contributed by atoms with E-state index in [9.17, 15) is 4.79 Å². The summed E-state index contributed by atoms with van der Waals surface area (Å²) in [5, 5.41) is 11.5. The minimum Gasteiger partial charge on any atom is -0.482 e. The Morgan fingerprint density at radius 3 is 2.84 bits per heavy atom. The van der Waals surface area contributed by atoms with Crippen LogP contribution < -0.4 is 10.1 Å². The number of hydrogen-bond acceptors (Lipinski definition) is 5. The van der Waals surface area contributed by atoms with Gasteiger partial charge in [0, 0.05) is 26.2 Å². The van der Waals surface area contributed by atoms with Gasteiger partial charge < -0.3 is 14.8 Å². The summed E-state index contributed by atoms with van der Waals surface area (Å²) < 4.78 is 14.9. The van der Waals surface area contributed by atoms with Gasteiger partial charge in [-0.25, -0.2) is 0 Å². The second kappa shape index (κ2) is 7.26. The molecule has 136 valence electrons. The molecule has 1 aliphatic heterocycles. The van der Waals surface area contributed by atoms with E-state index in [0.29, 0.717) is 31.8 Å². The zero-order chi connectivity index (χ0) is 18.0. The molecule has 0 aliphatic carbocycles. The molecule has 25 heavy (non-hydrogen) atoms. The maximum atomic E-state index is 12.3. The number of rotatable bonds is 6. The lowest BCUT2D eigenvalue weighted by atomic mass is 10.1. The predicted molar refractivity (Wildman–Crippen MR) is 91.4 cm³/mol. The van der Waals surface area contributed by atoms with Crippen molar-refractivity contribution in [2.24, 2.45) is 14.1 Å². The highest BCUT2D eigenvalue weighted by Gasteiger charge is 2.31. The Morgan fingerprint density at radius 2 is 2.20 bits per heavy atom. The summed E-state index contributed by atoms with van der Waals surface area (Å²) >= 11 is 0. The average Bonchev–Trinajstić information content (AvgIpc) is 3.22. The van der Waals surface area contributed by atoms with E-state index in [1.807, 2.05) is 32.6 Å². The number of aromatic nitrogens is 4. The molecule has 1 fully saturated rings. The zero-order valence-corrected chi connectivity index (χ0v) is 15.2. The number of amides is 1. The van der Waals surface area contributed by atoms with Crippen LogP contribution in [0.25, 0.3) is 0 Å². The zero-order valence-electron chi connectivity index (χ0n) is 15.2. The van der Waals surface area contributed by atoms with Crippen molar-refractivity contribution >= 4 is 5.91 Å². The summed E-state index contributed by atoms with van der Waals surface area (Å²) in [6.45, 7) is 4.92. The van der Waals surface area contributed by atoms with E-state index in [1.165, 1.54) is 0 Å². The van der Waals surface area contributed by atoms with Crippen LogP contribution in [0.1, 0.15) is 23.4 Å². The van der Waals surface area contributed by atoms with E-state index >= 15 is 0 Å².